The summed E-state index contributed by atoms with van der Waals surface area (Å²) in [6, 6.07) is 8.27. The molecule has 23 heavy (non-hydrogen) atoms. The lowest BCUT2D eigenvalue weighted by Gasteiger charge is -2.10. The van der Waals surface area contributed by atoms with Crippen molar-refractivity contribution in [2.75, 3.05) is 11.9 Å². The van der Waals surface area contributed by atoms with Crippen molar-refractivity contribution >= 4 is 21.7 Å². The van der Waals surface area contributed by atoms with Gasteiger partial charge in [0.15, 0.2) is 0 Å². The smallest absolute Gasteiger partial charge is 0.319 e. The summed E-state index contributed by atoms with van der Waals surface area (Å²) in [5.74, 6) is -0.266. The number of nitrogens with two attached hydrogens (primary N) is 1. The highest BCUT2D eigenvalue weighted by molar-refractivity contribution is 7.89. The van der Waals surface area contributed by atoms with Gasteiger partial charge in [-0.1, -0.05) is 6.07 Å². The van der Waals surface area contributed by atoms with Gasteiger partial charge in [0.25, 0.3) is 0 Å². The summed E-state index contributed by atoms with van der Waals surface area (Å²) in [5.41, 5.74) is 0.777. The Morgan fingerprint density at radius 2 is 2.04 bits per heavy atom. The van der Waals surface area contributed by atoms with Gasteiger partial charge in [0, 0.05) is 24.9 Å². The van der Waals surface area contributed by atoms with Gasteiger partial charge in [0.2, 0.25) is 10.0 Å². The van der Waals surface area contributed by atoms with Gasteiger partial charge in [-0.3, -0.25) is 4.98 Å². The highest BCUT2D eigenvalue weighted by Gasteiger charge is 2.13. The Bertz CT molecular complexity index is 794. The largest absolute Gasteiger partial charge is 0.506 e. The number of carbonyl (C=O) groups excluding carboxylic acids is 1. The SMILES string of the molecule is NS(=O)(=O)c1ccc(O)c(NC(=O)NCCc2ccccn2)c1. The molecule has 0 aliphatic carbocycles. The topological polar surface area (TPSA) is 134 Å². The maximum absolute atomic E-state index is 11.8. The fraction of sp³-hybridized carbons (Fsp3) is 0.143. The summed E-state index contributed by atoms with van der Waals surface area (Å²) < 4.78 is 22.5. The number of benzene rings is 1. The number of anilines is 1. The third-order valence-electron chi connectivity index (χ3n) is 2.94. The quantitative estimate of drug-likeness (QED) is 0.599. The third-order valence-corrected chi connectivity index (χ3v) is 3.85. The van der Waals surface area contributed by atoms with Gasteiger partial charge < -0.3 is 15.7 Å². The fourth-order valence-corrected chi connectivity index (χ4v) is 2.35. The van der Waals surface area contributed by atoms with Crippen molar-refractivity contribution in [1.29, 1.82) is 0 Å². The molecule has 1 aromatic heterocycles. The minimum Gasteiger partial charge on any atom is -0.506 e. The summed E-state index contributed by atoms with van der Waals surface area (Å²) in [6.07, 6.45) is 2.20. The number of hydrogen-bond donors (Lipinski definition) is 4. The van der Waals surface area contributed by atoms with Crippen molar-refractivity contribution in [2.24, 2.45) is 5.14 Å². The van der Waals surface area contributed by atoms with Crippen molar-refractivity contribution < 1.29 is 18.3 Å². The molecule has 2 rings (SSSR count). The Hall–Kier alpha value is -2.65. The van der Waals surface area contributed by atoms with Crippen LogP contribution in [-0.2, 0) is 16.4 Å². The molecule has 0 saturated carbocycles. The van der Waals surface area contributed by atoms with Gasteiger partial charge in [0.05, 0.1) is 10.6 Å². The molecule has 1 heterocycles. The minimum atomic E-state index is -3.92. The molecule has 0 spiro atoms. The number of phenolic OH excluding ortho intramolecular Hbond substituents is 1. The first-order valence-electron chi connectivity index (χ1n) is 6.67. The first-order chi connectivity index (χ1) is 10.9. The summed E-state index contributed by atoms with van der Waals surface area (Å²) in [6.45, 7) is 0.332. The van der Waals surface area contributed by atoms with Crippen LogP contribution < -0.4 is 15.8 Å². The third kappa shape index (κ3) is 4.94. The molecular weight excluding hydrogens is 320 g/mol. The number of primary sulfonamides is 1. The van der Waals surface area contributed by atoms with E-state index in [0.717, 1.165) is 23.9 Å². The van der Waals surface area contributed by atoms with Crippen molar-refractivity contribution in [3.05, 3.63) is 48.3 Å². The molecule has 0 saturated heterocycles. The number of sulfonamides is 1. The zero-order chi connectivity index (χ0) is 16.9. The molecule has 8 nitrogen and oxygen atoms in total. The van der Waals surface area contributed by atoms with Gasteiger partial charge in [-0.25, -0.2) is 18.4 Å². The summed E-state index contributed by atoms with van der Waals surface area (Å²) in [7, 11) is -3.92. The lowest BCUT2D eigenvalue weighted by Crippen LogP contribution is -2.30. The number of urea groups is 1. The van der Waals surface area contributed by atoms with Crippen LogP contribution in [0.5, 0.6) is 5.75 Å². The van der Waals surface area contributed by atoms with Crippen molar-refractivity contribution in [3.8, 4) is 5.75 Å². The monoisotopic (exact) mass is 336 g/mol. The molecule has 0 fully saturated rings. The highest BCUT2D eigenvalue weighted by Crippen LogP contribution is 2.25. The van der Waals surface area contributed by atoms with E-state index in [-0.39, 0.29) is 16.3 Å². The second-order valence-electron chi connectivity index (χ2n) is 4.68. The number of nitrogens with one attached hydrogen (secondary N) is 2. The maximum Gasteiger partial charge on any atom is 0.319 e. The number of aromatic nitrogens is 1. The number of carbonyl (C=O) groups is 1. The summed E-state index contributed by atoms with van der Waals surface area (Å²) in [4.78, 5) is 15.7. The number of amides is 2. The molecule has 0 aliphatic rings. The molecule has 0 aliphatic heterocycles. The Balaban J connectivity index is 1.95. The number of pyridine rings is 1. The Morgan fingerprint density at radius 3 is 2.70 bits per heavy atom. The van der Waals surface area contributed by atoms with E-state index >= 15 is 0 Å². The molecule has 0 radical (unpaired) electrons. The van der Waals surface area contributed by atoms with Gasteiger partial charge in [-0.2, -0.15) is 0 Å². The number of phenols is 1. The molecule has 122 valence electrons. The number of aromatic hydroxyl groups is 1. The average Bonchev–Trinajstić information content (AvgIpc) is 2.49. The zero-order valence-corrected chi connectivity index (χ0v) is 12.9. The van der Waals surface area contributed by atoms with E-state index < -0.39 is 16.1 Å². The predicted molar refractivity (Wildman–Crippen MR) is 84.4 cm³/mol. The maximum atomic E-state index is 11.8. The Labute approximate surface area is 133 Å². The van der Waals surface area contributed by atoms with Crippen LogP contribution in [-0.4, -0.2) is 31.1 Å². The normalized spacial score (nSPS) is 11.0. The lowest BCUT2D eigenvalue weighted by molar-refractivity contribution is 0.252. The molecule has 0 unspecified atom stereocenters. The molecule has 2 amide bonds. The van der Waals surface area contributed by atoms with E-state index in [0.29, 0.717) is 13.0 Å². The van der Waals surface area contributed by atoms with Crippen LogP contribution in [0.2, 0.25) is 0 Å². The van der Waals surface area contributed by atoms with Crippen LogP contribution in [0.25, 0.3) is 0 Å². The van der Waals surface area contributed by atoms with Crippen LogP contribution in [0.3, 0.4) is 0 Å². The van der Waals surface area contributed by atoms with E-state index in [9.17, 15) is 18.3 Å². The number of nitrogens with zero attached hydrogens (tertiary/aromatic N) is 1. The fourth-order valence-electron chi connectivity index (χ4n) is 1.81. The van der Waals surface area contributed by atoms with Crippen LogP contribution in [0.4, 0.5) is 10.5 Å². The van der Waals surface area contributed by atoms with E-state index in [2.05, 4.69) is 15.6 Å². The molecule has 9 heteroatoms. The van der Waals surface area contributed by atoms with Crippen LogP contribution >= 0.6 is 0 Å². The number of hydrogen-bond acceptors (Lipinski definition) is 5. The van der Waals surface area contributed by atoms with E-state index in [1.165, 1.54) is 0 Å². The van der Waals surface area contributed by atoms with Crippen molar-refractivity contribution in [3.63, 3.8) is 0 Å². The van der Waals surface area contributed by atoms with E-state index in [1.807, 2.05) is 12.1 Å². The van der Waals surface area contributed by atoms with Gasteiger partial charge >= 0.3 is 6.03 Å². The van der Waals surface area contributed by atoms with Crippen molar-refractivity contribution in [2.45, 2.75) is 11.3 Å². The standard InChI is InChI=1S/C14H16N4O4S/c15-23(21,22)11-4-5-13(19)12(9-11)18-14(20)17-8-6-10-3-1-2-7-16-10/h1-5,7,9,19H,6,8H2,(H2,15,21,22)(H2,17,18,20). The minimum absolute atomic E-state index is 0.0492. The molecular formula is C14H16N4O4S. The Kier molecular flexibility index (Phi) is 5.14. The lowest BCUT2D eigenvalue weighted by atomic mass is 10.3. The second-order valence-corrected chi connectivity index (χ2v) is 6.24. The van der Waals surface area contributed by atoms with Gasteiger partial charge in [0.1, 0.15) is 5.75 Å². The van der Waals surface area contributed by atoms with E-state index in [1.54, 1.807) is 12.3 Å². The molecule has 1 aromatic carbocycles. The molecule has 2 aromatic rings. The van der Waals surface area contributed by atoms with Crippen LogP contribution in [0, 0.1) is 0 Å². The molecule has 0 bridgehead atoms. The zero-order valence-electron chi connectivity index (χ0n) is 12.1. The van der Waals surface area contributed by atoms with Crippen LogP contribution in [0.15, 0.2) is 47.5 Å². The average molecular weight is 336 g/mol. The summed E-state index contributed by atoms with van der Waals surface area (Å²) >= 11 is 0. The first-order valence-corrected chi connectivity index (χ1v) is 8.21. The first kappa shape index (κ1) is 16.7. The second kappa shape index (κ2) is 7.07. The van der Waals surface area contributed by atoms with E-state index in [4.69, 9.17) is 5.14 Å². The van der Waals surface area contributed by atoms with Crippen molar-refractivity contribution in [1.82, 2.24) is 10.3 Å². The number of rotatable bonds is 5. The Morgan fingerprint density at radius 1 is 1.26 bits per heavy atom. The highest BCUT2D eigenvalue weighted by atomic mass is 32.2. The molecule has 5 N–H and O–H groups in total. The predicted octanol–water partition coefficient (Wildman–Crippen LogP) is 0.799. The van der Waals surface area contributed by atoms with Gasteiger partial charge in [-0.05, 0) is 30.3 Å². The molecule has 0 atom stereocenters. The van der Waals surface area contributed by atoms with Gasteiger partial charge in [-0.15, -0.1) is 0 Å². The summed E-state index contributed by atoms with van der Waals surface area (Å²) in [5, 5.41) is 19.6. The van der Waals surface area contributed by atoms with Crippen LogP contribution in [0.1, 0.15) is 5.69 Å².